The van der Waals surface area contributed by atoms with Crippen LogP contribution < -0.4 is 10.3 Å². The summed E-state index contributed by atoms with van der Waals surface area (Å²) in [6.07, 6.45) is 2.43. The van der Waals surface area contributed by atoms with E-state index in [1.807, 2.05) is 50.2 Å². The molecule has 0 fully saturated rings. The van der Waals surface area contributed by atoms with Crippen LogP contribution in [-0.2, 0) is 0 Å². The van der Waals surface area contributed by atoms with Gasteiger partial charge < -0.3 is 9.15 Å². The van der Waals surface area contributed by atoms with E-state index >= 15 is 0 Å². The van der Waals surface area contributed by atoms with Crippen molar-refractivity contribution in [2.45, 2.75) is 26.4 Å². The molecule has 0 radical (unpaired) electrons. The molecular weight excluding hydrogens is 450 g/mol. The molecule has 5 aromatic rings. The van der Waals surface area contributed by atoms with Crippen molar-refractivity contribution in [2.24, 2.45) is 5.10 Å². The molecule has 3 aromatic carbocycles. The molecule has 5 rings (SSSR count). The smallest absolute Gasteiger partial charge is 0.282 e. The Morgan fingerprint density at radius 2 is 1.91 bits per heavy atom. The minimum Gasteiger partial charge on any atom is -0.490 e. The first kappa shape index (κ1) is 21.9. The number of ether oxygens (including phenoxy) is 1. The Kier molecular flexibility index (Phi) is 5.90. The highest BCUT2D eigenvalue weighted by Crippen LogP contribution is 2.27. The predicted molar refractivity (Wildman–Crippen MR) is 136 cm³/mol. The fraction of sp³-hybridized carbons (Fsp3) is 0.148. The van der Waals surface area contributed by atoms with Gasteiger partial charge in [0.2, 0.25) is 5.82 Å². The zero-order valence-corrected chi connectivity index (χ0v) is 19.5. The summed E-state index contributed by atoms with van der Waals surface area (Å²) < 4.78 is 13.3. The van der Waals surface area contributed by atoms with Gasteiger partial charge in [0, 0.05) is 16.0 Å². The van der Waals surface area contributed by atoms with E-state index in [0.29, 0.717) is 44.4 Å². The Morgan fingerprint density at radius 1 is 1.12 bits per heavy atom. The number of hydrogen-bond acceptors (Lipinski definition) is 5. The molecule has 2 aromatic heterocycles. The van der Waals surface area contributed by atoms with E-state index < -0.39 is 0 Å². The van der Waals surface area contributed by atoms with Gasteiger partial charge in [0.15, 0.2) is 5.76 Å². The maximum atomic E-state index is 13.4. The molecular formula is C27H22ClN3O3. The fourth-order valence-electron chi connectivity index (χ4n) is 3.63. The van der Waals surface area contributed by atoms with Crippen LogP contribution in [0.3, 0.4) is 0 Å². The summed E-state index contributed by atoms with van der Waals surface area (Å²) in [5, 5.41) is 6.44. The molecule has 2 heterocycles. The normalized spacial score (nSPS) is 12.6. The van der Waals surface area contributed by atoms with E-state index in [9.17, 15) is 4.79 Å². The van der Waals surface area contributed by atoms with Gasteiger partial charge in [-0.25, -0.2) is 4.98 Å². The van der Waals surface area contributed by atoms with Gasteiger partial charge in [-0.15, -0.1) is 0 Å². The van der Waals surface area contributed by atoms with Crippen LogP contribution in [-0.4, -0.2) is 22.0 Å². The molecule has 0 unspecified atom stereocenters. The van der Waals surface area contributed by atoms with Crippen LogP contribution in [0.1, 0.15) is 25.8 Å². The van der Waals surface area contributed by atoms with Crippen LogP contribution in [0, 0.1) is 0 Å². The summed E-state index contributed by atoms with van der Waals surface area (Å²) in [7, 11) is 0. The van der Waals surface area contributed by atoms with Crippen LogP contribution in [0.25, 0.3) is 33.5 Å². The molecule has 1 atom stereocenters. The molecule has 0 saturated carbocycles. The highest BCUT2D eigenvalue weighted by atomic mass is 35.5. The third kappa shape index (κ3) is 4.20. The third-order valence-electron chi connectivity index (χ3n) is 5.59. The summed E-state index contributed by atoms with van der Waals surface area (Å²) in [4.78, 5) is 18.2. The van der Waals surface area contributed by atoms with E-state index in [2.05, 4.69) is 5.10 Å². The number of furan rings is 1. The van der Waals surface area contributed by atoms with E-state index in [0.717, 1.165) is 11.8 Å². The molecule has 7 heteroatoms. The van der Waals surface area contributed by atoms with Gasteiger partial charge in [0.05, 0.1) is 23.2 Å². The second-order valence-corrected chi connectivity index (χ2v) is 8.42. The molecule has 0 N–H and O–H groups in total. The monoisotopic (exact) mass is 471 g/mol. The van der Waals surface area contributed by atoms with Crippen molar-refractivity contribution in [3.63, 3.8) is 0 Å². The molecule has 0 amide bonds. The minimum absolute atomic E-state index is 0.0180. The number of fused-ring (bicyclic) bond motifs is 2. The lowest BCUT2D eigenvalue weighted by molar-refractivity contribution is 0.217. The number of para-hydroxylation sites is 2. The summed E-state index contributed by atoms with van der Waals surface area (Å²) >= 11 is 6.24. The molecule has 0 spiro atoms. The number of hydrogen-bond donors (Lipinski definition) is 0. The van der Waals surface area contributed by atoms with E-state index in [4.69, 9.17) is 25.7 Å². The van der Waals surface area contributed by atoms with Crippen LogP contribution in [0.5, 0.6) is 5.75 Å². The highest BCUT2D eigenvalue weighted by Gasteiger charge is 2.16. The highest BCUT2D eigenvalue weighted by molar-refractivity contribution is 6.30. The quantitative estimate of drug-likeness (QED) is 0.264. The Labute approximate surface area is 201 Å². The van der Waals surface area contributed by atoms with E-state index in [1.165, 1.54) is 4.68 Å². The summed E-state index contributed by atoms with van der Waals surface area (Å²) in [5.41, 5.74) is 1.62. The maximum absolute atomic E-state index is 13.4. The summed E-state index contributed by atoms with van der Waals surface area (Å²) in [6, 6.07) is 22.0. The van der Waals surface area contributed by atoms with Gasteiger partial charge in [0.1, 0.15) is 11.3 Å². The SMILES string of the molecule is CC[C@H](C)Oc1ccc(Cl)cc1C=Nn1c(-c2cc3ccccc3o2)nc2ccccc2c1=O. The molecule has 0 bridgehead atoms. The second-order valence-electron chi connectivity index (χ2n) is 7.98. The van der Waals surface area contributed by atoms with Crippen molar-refractivity contribution in [3.8, 4) is 17.3 Å². The molecule has 0 saturated heterocycles. The predicted octanol–water partition coefficient (Wildman–Crippen LogP) is 6.52. The van der Waals surface area contributed by atoms with Crippen molar-refractivity contribution in [1.29, 1.82) is 0 Å². The third-order valence-corrected chi connectivity index (χ3v) is 5.82. The van der Waals surface area contributed by atoms with Crippen molar-refractivity contribution < 1.29 is 9.15 Å². The largest absolute Gasteiger partial charge is 0.490 e. The number of rotatable bonds is 6. The van der Waals surface area contributed by atoms with Gasteiger partial charge >= 0.3 is 0 Å². The maximum Gasteiger partial charge on any atom is 0.282 e. The Bertz CT molecular complexity index is 1550. The van der Waals surface area contributed by atoms with E-state index in [-0.39, 0.29) is 11.7 Å². The van der Waals surface area contributed by atoms with Gasteiger partial charge in [-0.2, -0.15) is 9.78 Å². The first-order valence-electron chi connectivity index (χ1n) is 11.0. The zero-order valence-electron chi connectivity index (χ0n) is 18.7. The number of halogens is 1. The fourth-order valence-corrected chi connectivity index (χ4v) is 3.81. The molecule has 170 valence electrons. The van der Waals surface area contributed by atoms with Crippen molar-refractivity contribution >= 4 is 39.7 Å². The summed E-state index contributed by atoms with van der Waals surface area (Å²) in [6.45, 7) is 4.04. The zero-order chi connectivity index (χ0) is 23.7. The Balaban J connectivity index is 1.69. The lowest BCUT2D eigenvalue weighted by Gasteiger charge is -2.15. The van der Waals surface area contributed by atoms with Crippen LogP contribution in [0.15, 0.2) is 87.1 Å². The van der Waals surface area contributed by atoms with Gasteiger partial charge in [0.25, 0.3) is 5.56 Å². The van der Waals surface area contributed by atoms with Crippen LogP contribution >= 0.6 is 11.6 Å². The Hall–Kier alpha value is -3.90. The molecule has 0 aliphatic carbocycles. The van der Waals surface area contributed by atoms with Gasteiger partial charge in [-0.1, -0.05) is 48.9 Å². The van der Waals surface area contributed by atoms with Gasteiger partial charge in [-0.05, 0) is 55.8 Å². The standard InChI is InChI=1S/C27H22ClN3O3/c1-3-17(2)33-24-13-12-20(28)14-19(24)16-29-31-26(25-15-18-8-4-7-11-23(18)34-25)30-22-10-6-5-9-21(22)27(31)32/h4-17H,3H2,1-2H3/t17-/m0/s1. The molecule has 34 heavy (non-hydrogen) atoms. The van der Waals surface area contributed by atoms with Gasteiger partial charge in [-0.3, -0.25) is 4.79 Å². The molecule has 0 aliphatic heterocycles. The minimum atomic E-state index is -0.302. The summed E-state index contributed by atoms with van der Waals surface area (Å²) in [5.74, 6) is 1.39. The molecule has 6 nitrogen and oxygen atoms in total. The van der Waals surface area contributed by atoms with Crippen LogP contribution in [0.4, 0.5) is 0 Å². The average Bonchev–Trinajstić information content (AvgIpc) is 3.29. The lowest BCUT2D eigenvalue weighted by Crippen LogP contribution is -2.20. The topological polar surface area (TPSA) is 69.6 Å². The first-order chi connectivity index (χ1) is 16.5. The van der Waals surface area contributed by atoms with E-state index in [1.54, 1.807) is 42.6 Å². The first-order valence-corrected chi connectivity index (χ1v) is 11.4. The van der Waals surface area contributed by atoms with Crippen molar-refractivity contribution in [1.82, 2.24) is 9.66 Å². The second kappa shape index (κ2) is 9.15. The number of benzene rings is 3. The van der Waals surface area contributed by atoms with Crippen molar-refractivity contribution in [2.75, 3.05) is 0 Å². The number of aromatic nitrogens is 2. The Morgan fingerprint density at radius 3 is 2.74 bits per heavy atom. The average molecular weight is 472 g/mol. The number of nitrogens with zero attached hydrogens (tertiary/aromatic N) is 3. The lowest BCUT2D eigenvalue weighted by atomic mass is 10.2. The van der Waals surface area contributed by atoms with Crippen molar-refractivity contribution in [3.05, 3.63) is 93.7 Å². The van der Waals surface area contributed by atoms with Crippen LogP contribution in [0.2, 0.25) is 5.02 Å². The molecule has 0 aliphatic rings.